The monoisotopic (exact) mass is 900 g/mol. The van der Waals surface area contributed by atoms with E-state index >= 15 is 0 Å². The number of hydrogen-bond acceptors (Lipinski definition) is 5. The largest absolute Gasteiger partial charge is 0.466 e. The van der Waals surface area contributed by atoms with Crippen molar-refractivity contribution in [2.24, 2.45) is 0 Å². The van der Waals surface area contributed by atoms with E-state index < -0.39 is 12.1 Å². The first-order valence-electron chi connectivity index (χ1n) is 28.3. The average Bonchev–Trinajstić information content (AvgIpc) is 3.29. The Labute approximate surface area is 398 Å². The first-order valence-corrected chi connectivity index (χ1v) is 28.3. The van der Waals surface area contributed by atoms with Gasteiger partial charge in [-0.05, 0) is 64.2 Å². The molecular weight excluding hydrogens is 791 g/mol. The quantitative estimate of drug-likeness (QED) is 0.0245. The average molecular weight is 901 g/mol. The van der Waals surface area contributed by atoms with E-state index in [4.69, 9.17) is 4.74 Å². The van der Waals surface area contributed by atoms with Gasteiger partial charge in [0.05, 0.1) is 25.4 Å². The van der Waals surface area contributed by atoms with E-state index in [1.54, 1.807) is 6.08 Å². The summed E-state index contributed by atoms with van der Waals surface area (Å²) in [5.41, 5.74) is 0. The molecule has 6 heteroatoms. The van der Waals surface area contributed by atoms with Gasteiger partial charge in [-0.3, -0.25) is 9.59 Å². The molecule has 3 N–H and O–H groups in total. The van der Waals surface area contributed by atoms with E-state index in [-0.39, 0.29) is 18.5 Å². The smallest absolute Gasteiger partial charge is 0.305 e. The fraction of sp³-hybridized carbons (Fsp3) is 0.862. The van der Waals surface area contributed by atoms with Crippen LogP contribution in [0.4, 0.5) is 0 Å². The summed E-state index contributed by atoms with van der Waals surface area (Å²) in [6, 6.07) is -0.633. The lowest BCUT2D eigenvalue weighted by Crippen LogP contribution is -2.45. The highest BCUT2D eigenvalue weighted by Gasteiger charge is 2.18. The van der Waals surface area contributed by atoms with E-state index in [0.717, 1.165) is 77.0 Å². The minimum atomic E-state index is -0.849. The number of amides is 1. The molecule has 0 rings (SSSR count). The van der Waals surface area contributed by atoms with E-state index in [1.807, 2.05) is 6.08 Å². The predicted octanol–water partition coefficient (Wildman–Crippen LogP) is 17.2. The Bertz CT molecular complexity index is 1040. The molecule has 0 spiro atoms. The number of unbranched alkanes of at least 4 members (excludes halogenated alkanes) is 38. The molecule has 0 fully saturated rings. The molecule has 0 bridgehead atoms. The molecule has 64 heavy (non-hydrogen) atoms. The van der Waals surface area contributed by atoms with Gasteiger partial charge in [-0.15, -0.1) is 0 Å². The van der Waals surface area contributed by atoms with Crippen LogP contribution in [0.25, 0.3) is 0 Å². The van der Waals surface area contributed by atoms with Gasteiger partial charge in [-0.25, -0.2) is 0 Å². The van der Waals surface area contributed by atoms with Crippen molar-refractivity contribution in [3.8, 4) is 0 Å². The number of aliphatic hydroxyl groups excluding tert-OH is 2. The summed E-state index contributed by atoms with van der Waals surface area (Å²) in [6.07, 6.45) is 66.1. The molecule has 0 aliphatic carbocycles. The van der Waals surface area contributed by atoms with Crippen molar-refractivity contribution in [3.63, 3.8) is 0 Å². The van der Waals surface area contributed by atoms with Gasteiger partial charge in [-0.2, -0.15) is 0 Å². The SMILES string of the molecule is CCCCCCCCC/C=C/C(O)C(CO)NC(=O)CCCCCCCCCCCC/C=C\C=C/CCCCCOC(=O)CCCCCCCCCCCCCCCCCCCCC. The van der Waals surface area contributed by atoms with Crippen molar-refractivity contribution >= 4 is 11.9 Å². The molecule has 0 aromatic rings. The third kappa shape index (κ3) is 49.5. The number of hydrogen-bond donors (Lipinski definition) is 3. The Balaban J connectivity index is 3.44. The van der Waals surface area contributed by atoms with Crippen molar-refractivity contribution in [1.29, 1.82) is 0 Å². The summed E-state index contributed by atoms with van der Waals surface area (Å²) < 4.78 is 5.47. The van der Waals surface area contributed by atoms with Crippen molar-refractivity contribution < 1.29 is 24.5 Å². The number of rotatable bonds is 52. The highest BCUT2D eigenvalue weighted by molar-refractivity contribution is 5.76. The molecule has 0 radical (unpaired) electrons. The van der Waals surface area contributed by atoms with E-state index in [9.17, 15) is 19.8 Å². The van der Waals surface area contributed by atoms with Gasteiger partial charge in [0.15, 0.2) is 0 Å². The minimum absolute atomic E-state index is 0.00993. The zero-order valence-electron chi connectivity index (χ0n) is 42.8. The maximum atomic E-state index is 12.4. The number of aliphatic hydroxyl groups is 2. The first kappa shape index (κ1) is 62.1. The molecule has 2 atom stereocenters. The molecule has 2 unspecified atom stereocenters. The molecule has 0 aliphatic rings. The van der Waals surface area contributed by atoms with E-state index in [2.05, 4.69) is 43.5 Å². The Morgan fingerprint density at radius 3 is 1.16 bits per heavy atom. The molecule has 0 heterocycles. The number of nitrogens with one attached hydrogen (secondary N) is 1. The van der Waals surface area contributed by atoms with E-state index in [0.29, 0.717) is 19.4 Å². The normalized spacial score (nSPS) is 12.9. The van der Waals surface area contributed by atoms with Gasteiger partial charge in [0.1, 0.15) is 0 Å². The first-order chi connectivity index (χ1) is 31.5. The summed E-state index contributed by atoms with van der Waals surface area (Å²) >= 11 is 0. The number of carbonyl (C=O) groups is 2. The van der Waals surface area contributed by atoms with Crippen LogP contribution in [0.1, 0.15) is 296 Å². The minimum Gasteiger partial charge on any atom is -0.466 e. The standard InChI is InChI=1S/C58H109NO5/c1-3-5-7-9-11-13-14-15-16-17-19-23-26-29-32-36-40-44-48-52-58(63)64-53-49-45-41-37-33-30-27-24-21-18-20-22-25-28-31-35-39-43-47-51-57(62)59-55(54-60)56(61)50-46-42-38-34-12-10-8-6-4-2/h24,27,30,33,46,50,55-56,60-61H,3-23,25-26,28-29,31-32,34-45,47-49,51-54H2,1-2H3,(H,59,62)/b27-24-,33-30-,50-46+. The van der Waals surface area contributed by atoms with Crippen LogP contribution < -0.4 is 5.32 Å². The van der Waals surface area contributed by atoms with Crippen LogP contribution in [0.3, 0.4) is 0 Å². The summed E-state index contributed by atoms with van der Waals surface area (Å²) in [5.74, 6) is -0.0908. The van der Waals surface area contributed by atoms with Crippen LogP contribution in [0.2, 0.25) is 0 Å². The van der Waals surface area contributed by atoms with Crippen LogP contribution in [0.15, 0.2) is 36.5 Å². The van der Waals surface area contributed by atoms with Crippen LogP contribution >= 0.6 is 0 Å². The maximum absolute atomic E-state index is 12.4. The Hall–Kier alpha value is -1.92. The predicted molar refractivity (Wildman–Crippen MR) is 278 cm³/mol. The number of esters is 1. The number of carbonyl (C=O) groups excluding carboxylic acids is 2. The van der Waals surface area contributed by atoms with Crippen molar-refractivity contribution in [2.45, 2.75) is 309 Å². The van der Waals surface area contributed by atoms with Gasteiger partial charge in [-0.1, -0.05) is 256 Å². The van der Waals surface area contributed by atoms with Gasteiger partial charge >= 0.3 is 5.97 Å². The molecular formula is C58H109NO5. The molecule has 6 nitrogen and oxygen atoms in total. The van der Waals surface area contributed by atoms with Crippen LogP contribution in [0.5, 0.6) is 0 Å². The second-order valence-electron chi connectivity index (χ2n) is 19.3. The third-order valence-electron chi connectivity index (χ3n) is 12.9. The highest BCUT2D eigenvalue weighted by atomic mass is 16.5. The van der Waals surface area contributed by atoms with Crippen molar-refractivity contribution in [1.82, 2.24) is 5.32 Å². The zero-order valence-corrected chi connectivity index (χ0v) is 42.8. The Kier molecular flexibility index (Phi) is 52.1. The van der Waals surface area contributed by atoms with Gasteiger partial charge < -0.3 is 20.3 Å². The summed E-state index contributed by atoms with van der Waals surface area (Å²) in [5, 5.41) is 22.9. The van der Waals surface area contributed by atoms with Crippen molar-refractivity contribution in [3.05, 3.63) is 36.5 Å². The maximum Gasteiger partial charge on any atom is 0.305 e. The molecule has 0 aromatic carbocycles. The molecule has 0 saturated carbocycles. The molecule has 0 saturated heterocycles. The summed E-state index contributed by atoms with van der Waals surface area (Å²) in [7, 11) is 0. The van der Waals surface area contributed by atoms with Gasteiger partial charge in [0, 0.05) is 12.8 Å². The summed E-state index contributed by atoms with van der Waals surface area (Å²) in [6.45, 7) is 4.84. The second kappa shape index (κ2) is 53.7. The lowest BCUT2D eigenvalue weighted by atomic mass is 10.0. The zero-order chi connectivity index (χ0) is 46.5. The Morgan fingerprint density at radius 2 is 0.766 bits per heavy atom. The fourth-order valence-electron chi connectivity index (χ4n) is 8.57. The lowest BCUT2D eigenvalue weighted by molar-refractivity contribution is -0.143. The molecule has 0 aromatic heterocycles. The molecule has 376 valence electrons. The highest BCUT2D eigenvalue weighted by Crippen LogP contribution is 2.16. The molecule has 0 aliphatic heterocycles. The van der Waals surface area contributed by atoms with Crippen LogP contribution in [0, 0.1) is 0 Å². The van der Waals surface area contributed by atoms with Gasteiger partial charge in [0.2, 0.25) is 5.91 Å². The lowest BCUT2D eigenvalue weighted by Gasteiger charge is -2.20. The number of ether oxygens (including phenoxy) is 1. The van der Waals surface area contributed by atoms with Gasteiger partial charge in [0.25, 0.3) is 0 Å². The van der Waals surface area contributed by atoms with Crippen molar-refractivity contribution in [2.75, 3.05) is 13.2 Å². The topological polar surface area (TPSA) is 95.9 Å². The van der Waals surface area contributed by atoms with Crippen LogP contribution in [-0.4, -0.2) is 47.4 Å². The van der Waals surface area contributed by atoms with E-state index in [1.165, 1.54) is 193 Å². The summed E-state index contributed by atoms with van der Waals surface area (Å²) in [4.78, 5) is 24.4. The second-order valence-corrected chi connectivity index (χ2v) is 19.3. The van der Waals surface area contributed by atoms with Crippen LogP contribution in [-0.2, 0) is 14.3 Å². The number of allylic oxidation sites excluding steroid dienone is 5. The third-order valence-corrected chi connectivity index (χ3v) is 12.9. The Morgan fingerprint density at radius 1 is 0.438 bits per heavy atom. The molecule has 1 amide bonds. The fourth-order valence-corrected chi connectivity index (χ4v) is 8.57.